The van der Waals surface area contributed by atoms with Crippen LogP contribution in [0.25, 0.3) is 11.3 Å². The molecule has 2 aromatic rings. The number of anilines is 1. The Hall–Kier alpha value is -0.780. The maximum absolute atomic E-state index is 6.01. The number of methoxy groups -OCH3 is 1. The Kier molecular flexibility index (Phi) is 3.91. The molecule has 90 valence electrons. The molecule has 1 heterocycles. The number of rotatable bonds is 3. The zero-order valence-corrected chi connectivity index (χ0v) is 12.4. The Morgan fingerprint density at radius 1 is 1.47 bits per heavy atom. The van der Waals surface area contributed by atoms with E-state index in [1.807, 2.05) is 19.2 Å². The molecule has 0 radical (unpaired) electrons. The average molecular weight is 334 g/mol. The van der Waals surface area contributed by atoms with Gasteiger partial charge in [-0.15, -0.1) is 0 Å². The van der Waals surface area contributed by atoms with Gasteiger partial charge in [-0.05, 0) is 34.1 Å². The van der Waals surface area contributed by atoms with Gasteiger partial charge in [0, 0.05) is 17.6 Å². The fourth-order valence-corrected chi connectivity index (χ4v) is 3.01. The molecule has 0 fully saturated rings. The molecule has 6 heteroatoms. The highest BCUT2D eigenvalue weighted by atomic mass is 79.9. The summed E-state index contributed by atoms with van der Waals surface area (Å²) >= 11 is 10.9. The molecular formula is C11H10BrClN2OS. The molecule has 1 N–H and O–H groups in total. The van der Waals surface area contributed by atoms with Crippen molar-refractivity contribution < 1.29 is 4.74 Å². The van der Waals surface area contributed by atoms with Gasteiger partial charge in [-0.25, -0.2) is 4.98 Å². The summed E-state index contributed by atoms with van der Waals surface area (Å²) in [5.41, 5.74) is 1.72. The second-order valence-electron chi connectivity index (χ2n) is 3.24. The molecule has 0 atom stereocenters. The number of nitrogens with one attached hydrogen (secondary N) is 1. The van der Waals surface area contributed by atoms with E-state index in [-0.39, 0.29) is 0 Å². The zero-order valence-electron chi connectivity index (χ0n) is 9.25. The number of hydrogen-bond acceptors (Lipinski definition) is 4. The number of thiazole rings is 1. The summed E-state index contributed by atoms with van der Waals surface area (Å²) in [7, 11) is 3.49. The summed E-state index contributed by atoms with van der Waals surface area (Å²) in [6, 6.07) is 5.48. The number of ether oxygens (including phenoxy) is 1. The van der Waals surface area contributed by atoms with Crippen LogP contribution in [-0.2, 0) is 0 Å². The fraction of sp³-hybridized carbons (Fsp3) is 0.182. The van der Waals surface area contributed by atoms with Gasteiger partial charge in [0.2, 0.25) is 0 Å². The summed E-state index contributed by atoms with van der Waals surface area (Å²) < 4.78 is 6.14. The molecule has 17 heavy (non-hydrogen) atoms. The van der Waals surface area contributed by atoms with Gasteiger partial charge in [-0.1, -0.05) is 22.9 Å². The molecular weight excluding hydrogens is 324 g/mol. The third-order valence-corrected chi connectivity index (χ3v) is 4.00. The normalized spacial score (nSPS) is 10.4. The van der Waals surface area contributed by atoms with E-state index >= 15 is 0 Å². The van der Waals surface area contributed by atoms with E-state index in [2.05, 4.69) is 26.2 Å². The van der Waals surface area contributed by atoms with E-state index in [1.54, 1.807) is 13.2 Å². The first-order valence-electron chi connectivity index (χ1n) is 4.83. The molecule has 0 bridgehead atoms. The van der Waals surface area contributed by atoms with Gasteiger partial charge < -0.3 is 10.1 Å². The van der Waals surface area contributed by atoms with Gasteiger partial charge in [0.15, 0.2) is 3.92 Å². The van der Waals surface area contributed by atoms with Gasteiger partial charge in [0.05, 0.1) is 7.11 Å². The molecule has 1 aromatic carbocycles. The summed E-state index contributed by atoms with van der Waals surface area (Å²) in [6.07, 6.45) is 0. The highest BCUT2D eigenvalue weighted by Crippen LogP contribution is 2.40. The number of aromatic nitrogens is 1. The van der Waals surface area contributed by atoms with Gasteiger partial charge in [-0.3, -0.25) is 0 Å². The SMILES string of the molecule is CNc1sc(Br)nc1-c1cc(Cl)ccc1OC. The average Bonchev–Trinajstić information content (AvgIpc) is 2.70. The Bertz CT molecular complexity index is 544. The van der Waals surface area contributed by atoms with Crippen LogP contribution in [0, 0.1) is 0 Å². The van der Waals surface area contributed by atoms with Crippen LogP contribution in [0.15, 0.2) is 22.1 Å². The minimum atomic E-state index is 0.659. The van der Waals surface area contributed by atoms with E-state index in [0.717, 1.165) is 25.9 Å². The van der Waals surface area contributed by atoms with Crippen LogP contribution in [0.1, 0.15) is 0 Å². The lowest BCUT2D eigenvalue weighted by Gasteiger charge is -2.08. The lowest BCUT2D eigenvalue weighted by molar-refractivity contribution is 0.416. The van der Waals surface area contributed by atoms with Crippen LogP contribution < -0.4 is 10.1 Å². The van der Waals surface area contributed by atoms with Gasteiger partial charge >= 0.3 is 0 Å². The molecule has 2 rings (SSSR count). The summed E-state index contributed by atoms with van der Waals surface area (Å²) in [6.45, 7) is 0. The fourth-order valence-electron chi connectivity index (χ4n) is 1.51. The summed E-state index contributed by atoms with van der Waals surface area (Å²) in [4.78, 5) is 4.44. The van der Waals surface area contributed by atoms with Crippen LogP contribution in [0.4, 0.5) is 5.00 Å². The van der Waals surface area contributed by atoms with Crippen LogP contribution in [0.3, 0.4) is 0 Å². The van der Waals surface area contributed by atoms with Crippen molar-refractivity contribution in [3.05, 3.63) is 27.1 Å². The van der Waals surface area contributed by atoms with E-state index in [0.29, 0.717) is 5.02 Å². The first-order chi connectivity index (χ1) is 8.15. The summed E-state index contributed by atoms with van der Waals surface area (Å²) in [5, 5.41) is 4.74. The second-order valence-corrected chi connectivity index (χ2v) is 5.95. The largest absolute Gasteiger partial charge is 0.496 e. The van der Waals surface area contributed by atoms with Crippen molar-refractivity contribution in [3.8, 4) is 17.0 Å². The number of benzene rings is 1. The highest BCUT2D eigenvalue weighted by molar-refractivity contribution is 9.11. The van der Waals surface area contributed by atoms with Crippen molar-refractivity contribution in [2.24, 2.45) is 0 Å². The lowest BCUT2D eigenvalue weighted by atomic mass is 10.1. The lowest BCUT2D eigenvalue weighted by Crippen LogP contribution is -1.92. The van der Waals surface area contributed by atoms with Gasteiger partial charge in [0.1, 0.15) is 16.4 Å². The quantitative estimate of drug-likeness (QED) is 0.910. The molecule has 0 amide bonds. The molecule has 0 unspecified atom stereocenters. The smallest absolute Gasteiger partial charge is 0.161 e. The molecule has 3 nitrogen and oxygen atoms in total. The van der Waals surface area contributed by atoms with Gasteiger partial charge in [-0.2, -0.15) is 0 Å². The molecule has 1 aromatic heterocycles. The van der Waals surface area contributed by atoms with E-state index in [9.17, 15) is 0 Å². The first kappa shape index (κ1) is 12.7. The van der Waals surface area contributed by atoms with Crippen molar-refractivity contribution in [1.29, 1.82) is 0 Å². The maximum Gasteiger partial charge on any atom is 0.161 e. The molecule has 0 aliphatic carbocycles. The first-order valence-corrected chi connectivity index (χ1v) is 6.82. The zero-order chi connectivity index (χ0) is 12.4. The standard InChI is InChI=1S/C11H10BrClN2OS/c1-14-10-9(15-11(12)17-10)7-5-6(13)3-4-8(7)16-2/h3-5,14H,1-2H3. The minimum absolute atomic E-state index is 0.659. The molecule has 0 aliphatic rings. The monoisotopic (exact) mass is 332 g/mol. The topological polar surface area (TPSA) is 34.2 Å². The molecule has 0 saturated heterocycles. The second kappa shape index (κ2) is 5.25. The van der Waals surface area contributed by atoms with E-state index in [4.69, 9.17) is 16.3 Å². The number of hydrogen-bond donors (Lipinski definition) is 1. The van der Waals surface area contributed by atoms with E-state index < -0.39 is 0 Å². The van der Waals surface area contributed by atoms with Crippen LogP contribution in [-0.4, -0.2) is 19.1 Å². The van der Waals surface area contributed by atoms with Crippen molar-refractivity contribution >= 4 is 43.9 Å². The molecule has 0 aliphatic heterocycles. The predicted molar refractivity (Wildman–Crippen MR) is 76.4 cm³/mol. The molecule has 0 saturated carbocycles. The van der Waals surface area contributed by atoms with Crippen LogP contribution in [0.5, 0.6) is 5.75 Å². The Labute approximate surface area is 117 Å². The predicted octanol–water partition coefficient (Wildman–Crippen LogP) is 4.28. The number of nitrogens with zero attached hydrogens (tertiary/aromatic N) is 1. The number of halogens is 2. The highest BCUT2D eigenvalue weighted by Gasteiger charge is 2.15. The maximum atomic E-state index is 6.01. The Balaban J connectivity index is 2.61. The van der Waals surface area contributed by atoms with Gasteiger partial charge in [0.25, 0.3) is 0 Å². The van der Waals surface area contributed by atoms with Crippen LogP contribution >= 0.6 is 38.9 Å². The third kappa shape index (κ3) is 2.56. The third-order valence-electron chi connectivity index (χ3n) is 2.24. The van der Waals surface area contributed by atoms with Crippen molar-refractivity contribution in [2.75, 3.05) is 19.5 Å². The Morgan fingerprint density at radius 3 is 2.88 bits per heavy atom. The van der Waals surface area contributed by atoms with E-state index in [1.165, 1.54) is 11.3 Å². The molecule has 0 spiro atoms. The van der Waals surface area contributed by atoms with Crippen molar-refractivity contribution in [1.82, 2.24) is 4.98 Å². The minimum Gasteiger partial charge on any atom is -0.496 e. The Morgan fingerprint density at radius 2 is 2.24 bits per heavy atom. The summed E-state index contributed by atoms with van der Waals surface area (Å²) in [5.74, 6) is 0.753. The van der Waals surface area contributed by atoms with Crippen LogP contribution in [0.2, 0.25) is 5.02 Å². The van der Waals surface area contributed by atoms with Crippen molar-refractivity contribution in [3.63, 3.8) is 0 Å². The van der Waals surface area contributed by atoms with Crippen molar-refractivity contribution in [2.45, 2.75) is 0 Å².